The number of aryl methyl sites for hydroxylation is 1. The molecule has 1 amide bonds. The first-order valence-corrected chi connectivity index (χ1v) is 6.65. The van der Waals surface area contributed by atoms with Crippen LogP contribution in [0.3, 0.4) is 0 Å². The summed E-state index contributed by atoms with van der Waals surface area (Å²) in [5.41, 5.74) is 3.10. The second kappa shape index (κ2) is 6.06. The Hall–Kier alpha value is -1.86. The summed E-state index contributed by atoms with van der Waals surface area (Å²) in [6.07, 6.45) is 2.82. The van der Waals surface area contributed by atoms with Crippen molar-refractivity contribution in [2.45, 2.75) is 0 Å². The summed E-state index contributed by atoms with van der Waals surface area (Å²) in [5.74, 6) is -0.399. The van der Waals surface area contributed by atoms with Gasteiger partial charge < -0.3 is 5.11 Å². The maximum atomic E-state index is 11.9. The highest BCUT2D eigenvalue weighted by Gasteiger charge is 2.14. The fraction of sp³-hybridized carbons (Fsp3) is 0.0833. The molecule has 1 aromatic heterocycles. The van der Waals surface area contributed by atoms with Crippen molar-refractivity contribution in [1.29, 1.82) is 0 Å². The summed E-state index contributed by atoms with van der Waals surface area (Å²) in [6.45, 7) is 0. The highest BCUT2D eigenvalue weighted by Crippen LogP contribution is 2.19. The van der Waals surface area contributed by atoms with E-state index >= 15 is 0 Å². The van der Waals surface area contributed by atoms with E-state index in [1.54, 1.807) is 13.1 Å². The quantitative estimate of drug-likeness (QED) is 0.653. The fourth-order valence-electron chi connectivity index (χ4n) is 1.51. The number of nitrogens with one attached hydrogen (secondary N) is 1. The summed E-state index contributed by atoms with van der Waals surface area (Å²) >= 11 is 9.03. The zero-order valence-electron chi connectivity index (χ0n) is 10.3. The van der Waals surface area contributed by atoms with Gasteiger partial charge in [0.05, 0.1) is 16.9 Å². The van der Waals surface area contributed by atoms with E-state index in [0.717, 1.165) is 0 Å². The van der Waals surface area contributed by atoms with Gasteiger partial charge in [0.1, 0.15) is 11.4 Å². The number of hydrogen-bond acceptors (Lipinski definition) is 4. The van der Waals surface area contributed by atoms with E-state index in [0.29, 0.717) is 20.8 Å². The van der Waals surface area contributed by atoms with Crippen molar-refractivity contribution in [2.75, 3.05) is 0 Å². The molecule has 20 heavy (non-hydrogen) atoms. The molecule has 0 unspecified atom stereocenters. The molecule has 0 atom stereocenters. The van der Waals surface area contributed by atoms with Gasteiger partial charge in [-0.25, -0.2) is 5.43 Å². The van der Waals surface area contributed by atoms with Crippen molar-refractivity contribution in [3.05, 3.63) is 45.1 Å². The number of hydrogen-bond donors (Lipinski definition) is 2. The van der Waals surface area contributed by atoms with Gasteiger partial charge in [0, 0.05) is 17.6 Å². The molecule has 104 valence electrons. The summed E-state index contributed by atoms with van der Waals surface area (Å²) in [4.78, 5) is 11.9. The summed E-state index contributed by atoms with van der Waals surface area (Å²) in [5, 5.41) is 17.8. The highest BCUT2D eigenvalue weighted by molar-refractivity contribution is 9.10. The van der Waals surface area contributed by atoms with Gasteiger partial charge in [-0.05, 0) is 34.1 Å². The minimum Gasteiger partial charge on any atom is -0.507 e. The Labute approximate surface area is 128 Å². The minimum absolute atomic E-state index is 0.0223. The molecule has 0 aliphatic rings. The highest BCUT2D eigenvalue weighted by atomic mass is 79.9. The van der Waals surface area contributed by atoms with E-state index in [1.807, 2.05) is 0 Å². The van der Waals surface area contributed by atoms with Crippen molar-refractivity contribution < 1.29 is 9.90 Å². The number of phenolic OH excluding ortho intramolecular Hbond substituents is 1. The van der Waals surface area contributed by atoms with Gasteiger partial charge in [-0.3, -0.25) is 9.48 Å². The Morgan fingerprint density at radius 1 is 1.60 bits per heavy atom. The molecular formula is C12H10BrClN4O2. The second-order valence-corrected chi connectivity index (χ2v) is 5.16. The molecule has 0 aliphatic carbocycles. The lowest BCUT2D eigenvalue weighted by Crippen LogP contribution is -2.21. The summed E-state index contributed by atoms with van der Waals surface area (Å²) < 4.78 is 1.99. The van der Waals surface area contributed by atoms with Gasteiger partial charge in [0.2, 0.25) is 0 Å². The van der Waals surface area contributed by atoms with E-state index in [-0.39, 0.29) is 5.75 Å². The minimum atomic E-state index is -0.422. The standard InChI is InChI=1S/C12H10BrClN4O2/c1-18-11(9(13)6-16-18)12(20)17-15-5-7-4-8(14)2-3-10(7)19/h2-6,19H,1H3,(H,17,20). The monoisotopic (exact) mass is 356 g/mol. The largest absolute Gasteiger partial charge is 0.507 e. The molecule has 1 aromatic carbocycles. The number of amides is 1. The third-order valence-electron chi connectivity index (χ3n) is 2.47. The lowest BCUT2D eigenvalue weighted by atomic mass is 10.2. The van der Waals surface area contributed by atoms with E-state index < -0.39 is 5.91 Å². The van der Waals surface area contributed by atoms with E-state index in [9.17, 15) is 9.90 Å². The van der Waals surface area contributed by atoms with Crippen molar-refractivity contribution >= 4 is 39.7 Å². The third-order valence-corrected chi connectivity index (χ3v) is 3.28. The second-order valence-electron chi connectivity index (χ2n) is 3.87. The Bertz CT molecular complexity index is 665. The molecule has 1 heterocycles. The Balaban J connectivity index is 2.10. The maximum absolute atomic E-state index is 11.9. The fourth-order valence-corrected chi connectivity index (χ4v) is 2.22. The van der Waals surface area contributed by atoms with Crippen LogP contribution in [0, 0.1) is 0 Å². The van der Waals surface area contributed by atoms with Crippen LogP contribution in [-0.4, -0.2) is 27.0 Å². The smallest absolute Gasteiger partial charge is 0.290 e. The number of phenols is 1. The molecule has 0 radical (unpaired) electrons. The van der Waals surface area contributed by atoms with Crippen LogP contribution >= 0.6 is 27.5 Å². The van der Waals surface area contributed by atoms with Gasteiger partial charge in [-0.15, -0.1) is 0 Å². The van der Waals surface area contributed by atoms with Gasteiger partial charge in [0.25, 0.3) is 5.91 Å². The molecule has 2 rings (SSSR count). The van der Waals surface area contributed by atoms with Crippen molar-refractivity contribution in [1.82, 2.24) is 15.2 Å². The van der Waals surface area contributed by atoms with Crippen LogP contribution in [0.2, 0.25) is 5.02 Å². The normalized spacial score (nSPS) is 10.9. The van der Waals surface area contributed by atoms with Crippen LogP contribution in [0.5, 0.6) is 5.75 Å². The van der Waals surface area contributed by atoms with Gasteiger partial charge in [-0.1, -0.05) is 11.6 Å². The van der Waals surface area contributed by atoms with E-state index in [1.165, 1.54) is 29.2 Å². The first-order valence-electron chi connectivity index (χ1n) is 5.48. The molecule has 0 bridgehead atoms. The molecule has 0 fully saturated rings. The molecule has 2 aromatic rings. The first-order chi connectivity index (χ1) is 9.49. The lowest BCUT2D eigenvalue weighted by Gasteiger charge is -2.02. The third kappa shape index (κ3) is 3.17. The average Bonchev–Trinajstić information content (AvgIpc) is 2.73. The molecule has 0 saturated heterocycles. The first kappa shape index (κ1) is 14.5. The van der Waals surface area contributed by atoms with Crippen LogP contribution in [0.15, 0.2) is 34.0 Å². The SMILES string of the molecule is Cn1ncc(Br)c1C(=O)NN=Cc1cc(Cl)ccc1O. The summed E-state index contributed by atoms with van der Waals surface area (Å²) in [6, 6.07) is 4.54. The molecule has 0 spiro atoms. The number of benzene rings is 1. The van der Waals surface area contributed by atoms with Crippen LogP contribution in [0.1, 0.15) is 16.1 Å². The number of rotatable bonds is 3. The molecule has 8 heteroatoms. The number of carbonyl (C=O) groups is 1. The lowest BCUT2D eigenvalue weighted by molar-refractivity contribution is 0.0945. The molecule has 2 N–H and O–H groups in total. The number of aromatic nitrogens is 2. The molecule has 0 saturated carbocycles. The van der Waals surface area contributed by atoms with E-state index in [4.69, 9.17) is 11.6 Å². The number of carbonyl (C=O) groups excluding carboxylic acids is 1. The number of hydrazone groups is 1. The van der Waals surface area contributed by atoms with Gasteiger partial charge in [0.15, 0.2) is 0 Å². The van der Waals surface area contributed by atoms with Crippen LogP contribution in [0.25, 0.3) is 0 Å². The zero-order valence-corrected chi connectivity index (χ0v) is 12.7. The van der Waals surface area contributed by atoms with Crippen molar-refractivity contribution in [2.24, 2.45) is 12.1 Å². The van der Waals surface area contributed by atoms with E-state index in [2.05, 4.69) is 31.6 Å². The molecule has 0 aliphatic heterocycles. The molecule has 6 nitrogen and oxygen atoms in total. The average molecular weight is 358 g/mol. The maximum Gasteiger partial charge on any atom is 0.290 e. The molecular weight excluding hydrogens is 348 g/mol. The number of nitrogens with zero attached hydrogens (tertiary/aromatic N) is 3. The van der Waals surface area contributed by atoms with Crippen molar-refractivity contribution in [3.8, 4) is 5.75 Å². The summed E-state index contributed by atoms with van der Waals surface area (Å²) in [7, 11) is 1.65. The van der Waals surface area contributed by atoms with Crippen LogP contribution in [0.4, 0.5) is 0 Å². The topological polar surface area (TPSA) is 79.5 Å². The van der Waals surface area contributed by atoms with Gasteiger partial charge in [-0.2, -0.15) is 10.2 Å². The van der Waals surface area contributed by atoms with Crippen LogP contribution < -0.4 is 5.43 Å². The van der Waals surface area contributed by atoms with Crippen molar-refractivity contribution in [3.63, 3.8) is 0 Å². The van der Waals surface area contributed by atoms with Gasteiger partial charge >= 0.3 is 0 Å². The number of halogens is 2. The van der Waals surface area contributed by atoms with Crippen LogP contribution in [-0.2, 0) is 7.05 Å². The zero-order chi connectivity index (χ0) is 14.7. The Morgan fingerprint density at radius 3 is 3.00 bits per heavy atom. The Morgan fingerprint density at radius 2 is 2.35 bits per heavy atom. The predicted molar refractivity (Wildman–Crippen MR) is 79.1 cm³/mol. The predicted octanol–water partition coefficient (Wildman–Crippen LogP) is 2.31. The Kier molecular flexibility index (Phi) is 4.41. The number of aromatic hydroxyl groups is 1.